The number of benzene rings is 1. The molecule has 146 valence electrons. The van der Waals surface area contributed by atoms with Gasteiger partial charge in [-0.3, -0.25) is 14.4 Å². The SMILES string of the molecule is O=C1N[C@@H](Cc2cnc[nH]2)C(=O)N2CCN(C(=O)c3cc(F)cc(F)c3)C[C@H]12. The fraction of sp³-hybridized carbons (Fsp3) is 0.333. The average molecular weight is 389 g/mol. The molecule has 2 N–H and O–H groups in total. The molecule has 1 aromatic heterocycles. The molecule has 2 fully saturated rings. The second kappa shape index (κ2) is 7.02. The number of halogens is 2. The zero-order chi connectivity index (χ0) is 19.8. The van der Waals surface area contributed by atoms with E-state index < -0.39 is 29.6 Å². The van der Waals surface area contributed by atoms with Crippen LogP contribution in [0, 0.1) is 11.6 Å². The van der Waals surface area contributed by atoms with Gasteiger partial charge in [0, 0.05) is 43.0 Å². The van der Waals surface area contributed by atoms with E-state index in [4.69, 9.17) is 0 Å². The summed E-state index contributed by atoms with van der Waals surface area (Å²) in [5.41, 5.74) is 0.588. The van der Waals surface area contributed by atoms with E-state index in [1.807, 2.05) is 0 Å². The quantitative estimate of drug-likeness (QED) is 0.777. The maximum absolute atomic E-state index is 13.4. The maximum atomic E-state index is 13.4. The van der Waals surface area contributed by atoms with E-state index in [0.29, 0.717) is 12.5 Å². The Morgan fingerprint density at radius 1 is 1.18 bits per heavy atom. The predicted octanol–water partition coefficient (Wildman–Crippen LogP) is 0.0820. The number of fused-ring (bicyclic) bond motifs is 1. The Labute approximate surface area is 158 Å². The van der Waals surface area contributed by atoms with E-state index in [2.05, 4.69) is 15.3 Å². The van der Waals surface area contributed by atoms with Crippen LogP contribution in [-0.2, 0) is 16.0 Å². The summed E-state index contributed by atoms with van der Waals surface area (Å²) in [6, 6.07) is 1.04. The molecule has 0 saturated carbocycles. The van der Waals surface area contributed by atoms with Gasteiger partial charge in [-0.15, -0.1) is 0 Å². The Hall–Kier alpha value is -3.30. The van der Waals surface area contributed by atoms with Gasteiger partial charge < -0.3 is 20.1 Å². The second-order valence-electron chi connectivity index (χ2n) is 6.80. The first-order valence-corrected chi connectivity index (χ1v) is 8.76. The van der Waals surface area contributed by atoms with Crippen molar-refractivity contribution >= 4 is 17.7 Å². The van der Waals surface area contributed by atoms with Gasteiger partial charge in [0.15, 0.2) is 0 Å². The maximum Gasteiger partial charge on any atom is 0.254 e. The van der Waals surface area contributed by atoms with Gasteiger partial charge in [0.05, 0.1) is 12.9 Å². The minimum Gasteiger partial charge on any atom is -0.348 e. The summed E-state index contributed by atoms with van der Waals surface area (Å²) in [4.78, 5) is 47.4. The van der Waals surface area contributed by atoms with Crippen molar-refractivity contribution < 1.29 is 23.2 Å². The number of piperazine rings is 2. The Morgan fingerprint density at radius 3 is 2.61 bits per heavy atom. The standard InChI is InChI=1S/C18H17F2N5O3/c19-11-3-10(4-12(20)5-11)17(27)24-1-2-25-15(8-24)16(26)23-14(18(25)28)6-13-7-21-9-22-13/h3-5,7,9,14-15H,1-2,6,8H2,(H,21,22)(H,23,26)/t14-,15+/m0/s1. The van der Waals surface area contributed by atoms with E-state index in [9.17, 15) is 23.2 Å². The minimum atomic E-state index is -0.853. The largest absolute Gasteiger partial charge is 0.348 e. The second-order valence-corrected chi connectivity index (χ2v) is 6.80. The van der Waals surface area contributed by atoms with E-state index in [-0.39, 0.29) is 37.0 Å². The number of hydrogen-bond donors (Lipinski definition) is 2. The van der Waals surface area contributed by atoms with Crippen LogP contribution < -0.4 is 5.32 Å². The van der Waals surface area contributed by atoms with Crippen molar-refractivity contribution in [3.05, 3.63) is 53.6 Å². The number of nitrogens with zero attached hydrogens (tertiary/aromatic N) is 3. The van der Waals surface area contributed by atoms with Crippen LogP contribution in [0.5, 0.6) is 0 Å². The van der Waals surface area contributed by atoms with Crippen LogP contribution in [0.3, 0.4) is 0 Å². The number of nitrogens with one attached hydrogen (secondary N) is 2. The lowest BCUT2D eigenvalue weighted by atomic mass is 10.0. The molecule has 0 bridgehead atoms. The van der Waals surface area contributed by atoms with Crippen molar-refractivity contribution in [2.75, 3.05) is 19.6 Å². The lowest BCUT2D eigenvalue weighted by Gasteiger charge is -2.45. The van der Waals surface area contributed by atoms with Crippen molar-refractivity contribution in [1.29, 1.82) is 0 Å². The zero-order valence-electron chi connectivity index (χ0n) is 14.7. The highest BCUT2D eigenvalue weighted by molar-refractivity contribution is 5.99. The van der Waals surface area contributed by atoms with Gasteiger partial charge in [0.25, 0.3) is 5.91 Å². The first kappa shape index (κ1) is 18.1. The summed E-state index contributed by atoms with van der Waals surface area (Å²) >= 11 is 0. The van der Waals surface area contributed by atoms with Gasteiger partial charge in [-0.25, -0.2) is 13.8 Å². The molecule has 2 aliphatic heterocycles. The fourth-order valence-corrected chi connectivity index (χ4v) is 3.60. The summed E-state index contributed by atoms with van der Waals surface area (Å²) in [5, 5.41) is 2.69. The monoisotopic (exact) mass is 389 g/mol. The van der Waals surface area contributed by atoms with Crippen LogP contribution in [0.15, 0.2) is 30.7 Å². The highest BCUT2D eigenvalue weighted by Gasteiger charge is 2.44. The van der Waals surface area contributed by atoms with Crippen LogP contribution in [0.1, 0.15) is 16.1 Å². The predicted molar refractivity (Wildman–Crippen MR) is 92.0 cm³/mol. The molecule has 4 rings (SSSR count). The molecular weight excluding hydrogens is 372 g/mol. The average Bonchev–Trinajstić information content (AvgIpc) is 3.17. The molecule has 0 radical (unpaired) electrons. The van der Waals surface area contributed by atoms with Crippen LogP contribution in [0.25, 0.3) is 0 Å². The van der Waals surface area contributed by atoms with E-state index in [1.54, 1.807) is 6.20 Å². The molecule has 0 aliphatic carbocycles. The number of amides is 3. The first-order chi connectivity index (χ1) is 13.4. The third-order valence-corrected chi connectivity index (χ3v) is 4.96. The first-order valence-electron chi connectivity index (χ1n) is 8.76. The zero-order valence-corrected chi connectivity index (χ0v) is 14.7. The molecule has 2 aliphatic rings. The minimum absolute atomic E-state index is 0.0364. The van der Waals surface area contributed by atoms with Crippen molar-refractivity contribution in [3.63, 3.8) is 0 Å². The van der Waals surface area contributed by atoms with Gasteiger partial charge in [-0.2, -0.15) is 0 Å². The van der Waals surface area contributed by atoms with E-state index in [1.165, 1.54) is 16.1 Å². The molecule has 3 heterocycles. The molecule has 2 saturated heterocycles. The van der Waals surface area contributed by atoms with Crippen LogP contribution in [0.4, 0.5) is 8.78 Å². The topological polar surface area (TPSA) is 98.4 Å². The normalized spacial score (nSPS) is 22.1. The number of rotatable bonds is 3. The number of carbonyl (C=O) groups is 3. The molecule has 28 heavy (non-hydrogen) atoms. The van der Waals surface area contributed by atoms with Crippen LogP contribution >= 0.6 is 0 Å². The van der Waals surface area contributed by atoms with Gasteiger partial charge in [-0.05, 0) is 12.1 Å². The molecule has 2 atom stereocenters. The summed E-state index contributed by atoms with van der Waals surface area (Å²) in [6.07, 6.45) is 3.37. The lowest BCUT2D eigenvalue weighted by molar-refractivity contribution is -0.152. The van der Waals surface area contributed by atoms with Crippen molar-refractivity contribution in [2.24, 2.45) is 0 Å². The molecule has 3 amide bonds. The fourth-order valence-electron chi connectivity index (χ4n) is 3.60. The summed E-state index contributed by atoms with van der Waals surface area (Å²) < 4.78 is 26.8. The molecule has 0 spiro atoms. The van der Waals surface area contributed by atoms with E-state index in [0.717, 1.165) is 17.8 Å². The van der Waals surface area contributed by atoms with Gasteiger partial charge in [0.2, 0.25) is 11.8 Å². The molecule has 10 heteroatoms. The molecule has 0 unspecified atom stereocenters. The van der Waals surface area contributed by atoms with Crippen molar-refractivity contribution in [3.8, 4) is 0 Å². The lowest BCUT2D eigenvalue weighted by Crippen LogP contribution is -2.70. The van der Waals surface area contributed by atoms with Gasteiger partial charge >= 0.3 is 0 Å². The van der Waals surface area contributed by atoms with Crippen LogP contribution in [0.2, 0.25) is 0 Å². The van der Waals surface area contributed by atoms with Gasteiger partial charge in [-0.1, -0.05) is 0 Å². The Bertz CT molecular complexity index is 913. The summed E-state index contributed by atoms with van der Waals surface area (Å²) in [6.45, 7) is 0.300. The highest BCUT2D eigenvalue weighted by atomic mass is 19.1. The number of aromatic amines is 1. The number of carbonyl (C=O) groups excluding carboxylic acids is 3. The highest BCUT2D eigenvalue weighted by Crippen LogP contribution is 2.20. The number of hydrogen-bond acceptors (Lipinski definition) is 4. The smallest absolute Gasteiger partial charge is 0.254 e. The van der Waals surface area contributed by atoms with E-state index >= 15 is 0 Å². The summed E-state index contributed by atoms with van der Waals surface area (Å²) in [5.74, 6) is -2.89. The number of H-pyrrole nitrogens is 1. The van der Waals surface area contributed by atoms with Gasteiger partial charge in [0.1, 0.15) is 23.7 Å². The number of imidazole rings is 1. The third kappa shape index (κ3) is 3.32. The number of aromatic nitrogens is 2. The third-order valence-electron chi connectivity index (χ3n) is 4.96. The Morgan fingerprint density at radius 2 is 1.93 bits per heavy atom. The van der Waals surface area contributed by atoms with Crippen molar-refractivity contribution in [1.82, 2.24) is 25.1 Å². The molecule has 8 nitrogen and oxygen atoms in total. The van der Waals surface area contributed by atoms with Crippen LogP contribution in [-0.4, -0.2) is 69.2 Å². The Kier molecular flexibility index (Phi) is 4.54. The molecule has 2 aromatic rings. The molecular formula is C18H17F2N5O3. The molecule has 1 aromatic carbocycles. The van der Waals surface area contributed by atoms with Crippen molar-refractivity contribution in [2.45, 2.75) is 18.5 Å². The Balaban J connectivity index is 1.48. The summed E-state index contributed by atoms with van der Waals surface area (Å²) in [7, 11) is 0.